The number of hydrogen-bond acceptors (Lipinski definition) is 5. The van der Waals surface area contributed by atoms with Gasteiger partial charge in [0.25, 0.3) is 5.91 Å². The summed E-state index contributed by atoms with van der Waals surface area (Å²) in [5.41, 5.74) is 2.47. The zero-order chi connectivity index (χ0) is 19.9. The molecule has 0 aromatic heterocycles. The zero-order valence-corrected chi connectivity index (χ0v) is 15.9. The van der Waals surface area contributed by atoms with Gasteiger partial charge in [0.2, 0.25) is 0 Å². The van der Waals surface area contributed by atoms with Crippen molar-refractivity contribution in [1.82, 2.24) is 0 Å². The first-order valence-electron chi connectivity index (χ1n) is 9.17. The summed E-state index contributed by atoms with van der Waals surface area (Å²) >= 11 is 0. The lowest BCUT2D eigenvalue weighted by Crippen LogP contribution is -2.29. The molecule has 1 aliphatic heterocycles. The normalized spacial score (nSPS) is 14.2. The van der Waals surface area contributed by atoms with Crippen LogP contribution in [0.15, 0.2) is 48.5 Å². The molecule has 1 aliphatic rings. The third kappa shape index (κ3) is 5.36. The molecule has 0 spiro atoms. The summed E-state index contributed by atoms with van der Waals surface area (Å²) in [6, 6.07) is 12.8. The van der Waals surface area contributed by atoms with E-state index in [1.165, 1.54) is 13.0 Å². The number of esters is 1. The molecule has 0 unspecified atom stereocenters. The van der Waals surface area contributed by atoms with Gasteiger partial charge in [-0.25, -0.2) is 4.79 Å². The Labute approximate surface area is 164 Å². The Bertz CT molecular complexity index is 890. The number of anilines is 1. The maximum atomic E-state index is 12.2. The lowest BCUT2D eigenvalue weighted by Gasteiger charge is -2.12. The molecule has 0 saturated carbocycles. The van der Waals surface area contributed by atoms with E-state index < -0.39 is 12.1 Å². The van der Waals surface area contributed by atoms with Crippen LogP contribution in [0, 0.1) is 6.92 Å². The van der Waals surface area contributed by atoms with Crippen LogP contribution in [0.1, 0.15) is 24.5 Å². The van der Waals surface area contributed by atoms with Crippen molar-refractivity contribution in [3.05, 3.63) is 59.7 Å². The average molecular weight is 381 g/mol. The van der Waals surface area contributed by atoms with Crippen LogP contribution in [0.2, 0.25) is 0 Å². The van der Waals surface area contributed by atoms with Crippen LogP contribution in [0.5, 0.6) is 11.5 Å². The highest BCUT2D eigenvalue weighted by Gasteiger charge is 2.17. The molecule has 2 aromatic carbocycles. The van der Waals surface area contributed by atoms with Crippen LogP contribution in [-0.2, 0) is 14.3 Å². The first-order valence-corrected chi connectivity index (χ1v) is 9.17. The summed E-state index contributed by atoms with van der Waals surface area (Å²) in [4.78, 5) is 24.2. The van der Waals surface area contributed by atoms with Gasteiger partial charge in [-0.05, 0) is 55.3 Å². The number of carbonyl (C=O) groups excluding carboxylic acids is 2. The van der Waals surface area contributed by atoms with E-state index in [1.54, 1.807) is 18.2 Å². The van der Waals surface area contributed by atoms with E-state index in [0.29, 0.717) is 30.4 Å². The van der Waals surface area contributed by atoms with Crippen molar-refractivity contribution in [3.63, 3.8) is 0 Å². The number of carbonyl (C=O) groups is 2. The smallest absolute Gasteiger partial charge is 0.331 e. The van der Waals surface area contributed by atoms with Gasteiger partial charge in [0, 0.05) is 18.2 Å². The predicted molar refractivity (Wildman–Crippen MR) is 106 cm³/mol. The largest absolute Gasteiger partial charge is 0.490 e. The highest BCUT2D eigenvalue weighted by molar-refractivity contribution is 5.96. The van der Waals surface area contributed by atoms with Crippen molar-refractivity contribution in [1.29, 1.82) is 0 Å². The molecule has 1 amide bonds. The minimum atomic E-state index is -0.915. The van der Waals surface area contributed by atoms with Crippen LogP contribution in [0.25, 0.3) is 6.08 Å². The van der Waals surface area contributed by atoms with Gasteiger partial charge in [-0.3, -0.25) is 4.79 Å². The summed E-state index contributed by atoms with van der Waals surface area (Å²) in [5.74, 6) is 0.361. The van der Waals surface area contributed by atoms with Crippen molar-refractivity contribution in [2.75, 3.05) is 18.5 Å². The number of benzene rings is 2. The molecule has 6 nitrogen and oxygen atoms in total. The van der Waals surface area contributed by atoms with E-state index in [4.69, 9.17) is 14.2 Å². The second kappa shape index (κ2) is 9.08. The van der Waals surface area contributed by atoms with E-state index >= 15 is 0 Å². The van der Waals surface area contributed by atoms with Gasteiger partial charge in [0.1, 0.15) is 0 Å². The van der Waals surface area contributed by atoms with Gasteiger partial charge in [0.15, 0.2) is 17.6 Å². The van der Waals surface area contributed by atoms with Crippen molar-refractivity contribution >= 4 is 23.6 Å². The molecule has 3 rings (SSSR count). The first-order chi connectivity index (χ1) is 13.5. The Balaban J connectivity index is 1.55. The molecule has 1 atom stereocenters. The maximum Gasteiger partial charge on any atom is 0.331 e. The number of aryl methyl sites for hydroxylation is 1. The molecule has 0 saturated heterocycles. The van der Waals surface area contributed by atoms with Gasteiger partial charge in [-0.2, -0.15) is 0 Å². The van der Waals surface area contributed by atoms with E-state index in [0.717, 1.165) is 17.5 Å². The summed E-state index contributed by atoms with van der Waals surface area (Å²) in [6.07, 6.45) is 2.81. The number of rotatable bonds is 5. The van der Waals surface area contributed by atoms with Crippen molar-refractivity contribution in [3.8, 4) is 11.5 Å². The second-order valence-corrected chi connectivity index (χ2v) is 6.53. The van der Waals surface area contributed by atoms with Crippen molar-refractivity contribution in [2.24, 2.45) is 0 Å². The molecular formula is C22H23NO5. The Morgan fingerprint density at radius 1 is 1.11 bits per heavy atom. The number of amides is 1. The molecule has 0 radical (unpaired) electrons. The Morgan fingerprint density at radius 2 is 1.89 bits per heavy atom. The molecule has 6 heteroatoms. The zero-order valence-electron chi connectivity index (χ0n) is 15.9. The molecular weight excluding hydrogens is 358 g/mol. The van der Waals surface area contributed by atoms with Crippen LogP contribution in [0.4, 0.5) is 5.69 Å². The highest BCUT2D eigenvalue weighted by atomic mass is 16.5. The predicted octanol–water partition coefficient (Wildman–Crippen LogP) is 3.74. The summed E-state index contributed by atoms with van der Waals surface area (Å²) in [7, 11) is 0. The first kappa shape index (κ1) is 19.5. The molecule has 2 aromatic rings. The Kier molecular flexibility index (Phi) is 6.32. The quantitative estimate of drug-likeness (QED) is 0.631. The van der Waals surface area contributed by atoms with Gasteiger partial charge >= 0.3 is 5.97 Å². The topological polar surface area (TPSA) is 73.9 Å². The maximum absolute atomic E-state index is 12.2. The average Bonchev–Trinajstić information content (AvgIpc) is 2.91. The molecule has 28 heavy (non-hydrogen) atoms. The molecule has 0 bridgehead atoms. The van der Waals surface area contributed by atoms with E-state index in [2.05, 4.69) is 5.32 Å². The monoisotopic (exact) mass is 381 g/mol. The van der Waals surface area contributed by atoms with Crippen molar-refractivity contribution < 1.29 is 23.8 Å². The van der Waals surface area contributed by atoms with Crippen LogP contribution in [0.3, 0.4) is 0 Å². The van der Waals surface area contributed by atoms with E-state index in [9.17, 15) is 9.59 Å². The lowest BCUT2D eigenvalue weighted by atomic mass is 10.2. The summed E-state index contributed by atoms with van der Waals surface area (Å²) in [5, 5.41) is 2.73. The molecule has 0 fully saturated rings. The van der Waals surface area contributed by atoms with Crippen LogP contribution in [-0.4, -0.2) is 31.2 Å². The van der Waals surface area contributed by atoms with Gasteiger partial charge in [-0.1, -0.05) is 18.2 Å². The fraction of sp³-hybridized carbons (Fsp3) is 0.273. The molecule has 146 valence electrons. The Hall–Kier alpha value is -3.28. The molecule has 1 heterocycles. The third-order valence-electron chi connectivity index (χ3n) is 4.13. The van der Waals surface area contributed by atoms with Crippen molar-refractivity contribution in [2.45, 2.75) is 26.4 Å². The minimum absolute atomic E-state index is 0.386. The lowest BCUT2D eigenvalue weighted by molar-refractivity contribution is -0.148. The number of nitrogens with one attached hydrogen (secondary N) is 1. The van der Waals surface area contributed by atoms with E-state index in [1.807, 2.05) is 37.3 Å². The van der Waals surface area contributed by atoms with E-state index in [-0.39, 0.29) is 5.91 Å². The SMILES string of the molecule is Cc1cccc(NC(=O)[C@@H](C)OC(=O)/C=C/c2ccc3c(c2)OCCCO3)c1. The fourth-order valence-electron chi connectivity index (χ4n) is 2.68. The third-order valence-corrected chi connectivity index (χ3v) is 4.13. The van der Waals surface area contributed by atoms with Crippen LogP contribution >= 0.6 is 0 Å². The van der Waals surface area contributed by atoms with Gasteiger partial charge in [-0.15, -0.1) is 0 Å². The number of ether oxygens (including phenoxy) is 3. The number of hydrogen-bond donors (Lipinski definition) is 1. The second-order valence-electron chi connectivity index (χ2n) is 6.53. The summed E-state index contributed by atoms with van der Waals surface area (Å²) < 4.78 is 16.4. The highest BCUT2D eigenvalue weighted by Crippen LogP contribution is 2.30. The van der Waals surface area contributed by atoms with Gasteiger partial charge in [0.05, 0.1) is 13.2 Å². The molecule has 0 aliphatic carbocycles. The standard InChI is InChI=1S/C22H23NO5/c1-15-5-3-6-18(13-15)23-22(25)16(2)28-21(24)10-8-17-7-9-19-20(14-17)27-12-4-11-26-19/h3,5-10,13-14,16H,4,11-12H2,1-2H3,(H,23,25)/b10-8+/t16-/m1/s1. The Morgan fingerprint density at radius 3 is 2.68 bits per heavy atom. The fourth-order valence-corrected chi connectivity index (χ4v) is 2.68. The van der Waals surface area contributed by atoms with Gasteiger partial charge < -0.3 is 19.5 Å². The molecule has 1 N–H and O–H groups in total. The van der Waals surface area contributed by atoms with Crippen LogP contribution < -0.4 is 14.8 Å². The number of fused-ring (bicyclic) bond motifs is 1. The summed E-state index contributed by atoms with van der Waals surface area (Å²) in [6.45, 7) is 4.68. The minimum Gasteiger partial charge on any atom is -0.490 e.